The lowest BCUT2D eigenvalue weighted by molar-refractivity contribution is -0.126. The van der Waals surface area contributed by atoms with E-state index in [9.17, 15) is 9.59 Å². The van der Waals surface area contributed by atoms with E-state index < -0.39 is 10.4 Å². The molecule has 0 aliphatic heterocycles. The van der Waals surface area contributed by atoms with Crippen LogP contribution in [0.5, 0.6) is 0 Å². The van der Waals surface area contributed by atoms with Crippen molar-refractivity contribution in [2.45, 2.75) is 81.1 Å². The minimum atomic E-state index is -5.17. The Morgan fingerprint density at radius 2 is 0.902 bits per heavy atom. The first-order valence-electron chi connectivity index (χ1n) is 18.3. The van der Waals surface area contributed by atoms with Crippen molar-refractivity contribution in [3.8, 4) is 0 Å². The molecule has 4 atom stereocenters. The Kier molecular flexibility index (Phi) is 11.0. The highest BCUT2D eigenvalue weighted by atomic mass is 32.3. The van der Waals surface area contributed by atoms with Gasteiger partial charge in [-0.1, -0.05) is 41.5 Å². The lowest BCUT2D eigenvalue weighted by Crippen LogP contribution is -2.39. The van der Waals surface area contributed by atoms with E-state index in [1.807, 2.05) is 0 Å². The summed E-state index contributed by atoms with van der Waals surface area (Å²) in [5, 5.41) is 0. The molecule has 4 unspecified atom stereocenters. The van der Waals surface area contributed by atoms with E-state index in [0.29, 0.717) is 23.4 Å². The van der Waals surface area contributed by atoms with E-state index in [-0.39, 0.29) is 21.7 Å². The molecule has 2 aromatic carbocycles. The van der Waals surface area contributed by atoms with Gasteiger partial charge in [-0.15, -0.1) is 0 Å². The Morgan fingerprint density at radius 1 is 0.627 bits per heavy atom. The molecule has 4 saturated carbocycles. The summed E-state index contributed by atoms with van der Waals surface area (Å²) in [6.45, 7) is 19.9. The maximum absolute atomic E-state index is 12.9. The quantitative estimate of drug-likeness (QED) is 0.129. The monoisotopic (exact) mass is 720 g/mol. The normalized spacial score (nSPS) is 29.2. The van der Waals surface area contributed by atoms with Gasteiger partial charge in [0.05, 0.1) is 41.3 Å². The predicted octanol–water partition coefficient (Wildman–Crippen LogP) is 8.03. The van der Waals surface area contributed by atoms with Crippen LogP contribution < -0.4 is 8.97 Å². The Morgan fingerprint density at radius 3 is 1.12 bits per heavy atom. The molecule has 2 aromatic rings. The van der Waals surface area contributed by atoms with E-state index in [2.05, 4.69) is 144 Å². The molecule has 4 aliphatic rings. The molecule has 4 aliphatic carbocycles. The molecule has 0 aromatic heterocycles. The number of rotatable bonds is 6. The van der Waals surface area contributed by atoms with Crippen molar-refractivity contribution < 1.29 is 27.1 Å². The van der Waals surface area contributed by atoms with Gasteiger partial charge in [0, 0.05) is 21.2 Å². The van der Waals surface area contributed by atoms with Crippen molar-refractivity contribution in [2.24, 2.45) is 33.5 Å². The summed E-state index contributed by atoms with van der Waals surface area (Å²) in [7, 11) is 3.71. The van der Waals surface area contributed by atoms with Crippen LogP contribution in [0.2, 0.25) is 0 Å². The third kappa shape index (κ3) is 7.47. The SMILES string of the molecule is CC[N+](C)(C)c1ccc(C=C2C(=O)C3(C)CCC2C3(C)C)cc1.CC[N+](C)(C)c1ccc(C=C2C(=O)C3(C)CCC2C3(C)C)cc1.O=S(=O)([O-])[O-]. The second-order valence-electron chi connectivity index (χ2n) is 17.7. The lowest BCUT2D eigenvalue weighted by Gasteiger charge is -2.31. The molecule has 280 valence electrons. The Labute approximate surface area is 307 Å². The third-order valence-corrected chi connectivity index (χ3v) is 14.1. The van der Waals surface area contributed by atoms with Crippen molar-refractivity contribution in [1.29, 1.82) is 0 Å². The zero-order valence-corrected chi connectivity index (χ0v) is 33.7. The molecule has 0 amide bonds. The van der Waals surface area contributed by atoms with Gasteiger partial charge < -0.3 is 9.11 Å². The molecule has 4 fully saturated rings. The van der Waals surface area contributed by atoms with Gasteiger partial charge in [-0.2, -0.15) is 0 Å². The van der Waals surface area contributed by atoms with Crippen molar-refractivity contribution in [2.75, 3.05) is 41.3 Å². The summed E-state index contributed by atoms with van der Waals surface area (Å²) in [5.41, 5.74) is 6.90. The topological polar surface area (TPSA) is 114 Å². The highest BCUT2D eigenvalue weighted by Gasteiger charge is 2.64. The van der Waals surface area contributed by atoms with Crippen molar-refractivity contribution in [3.63, 3.8) is 0 Å². The average molecular weight is 721 g/mol. The third-order valence-electron chi connectivity index (χ3n) is 14.1. The van der Waals surface area contributed by atoms with Gasteiger partial charge in [-0.05, 0) is 145 Å². The number of carbonyl (C=O) groups is 2. The molecule has 0 heterocycles. The Hall–Kier alpha value is -2.95. The van der Waals surface area contributed by atoms with Gasteiger partial charge in [-0.25, -0.2) is 0 Å². The molecular weight excluding hydrogens is 661 g/mol. The molecule has 0 saturated heterocycles. The van der Waals surface area contributed by atoms with Crippen molar-refractivity contribution in [3.05, 3.63) is 70.8 Å². The van der Waals surface area contributed by atoms with Gasteiger partial charge >= 0.3 is 0 Å². The van der Waals surface area contributed by atoms with Crippen molar-refractivity contribution in [1.82, 2.24) is 8.97 Å². The highest BCUT2D eigenvalue weighted by Crippen LogP contribution is 2.66. The van der Waals surface area contributed by atoms with Crippen LogP contribution in [0.4, 0.5) is 11.4 Å². The Balaban J connectivity index is 0.000000202. The molecular formula is C42H60N2O6S. The fraction of sp³-hybridized carbons (Fsp3) is 0.571. The minimum Gasteiger partial charge on any atom is -0.759 e. The van der Waals surface area contributed by atoms with Crippen LogP contribution in [0.25, 0.3) is 12.2 Å². The number of carbonyl (C=O) groups excluding carboxylic acids is 2. The van der Waals surface area contributed by atoms with E-state index in [1.165, 1.54) is 11.4 Å². The number of benzene rings is 2. The van der Waals surface area contributed by atoms with Crippen LogP contribution in [0, 0.1) is 33.5 Å². The number of quaternary nitrogens is 2. The summed E-state index contributed by atoms with van der Waals surface area (Å²) in [5.74, 6) is 1.60. The summed E-state index contributed by atoms with van der Waals surface area (Å²) in [6, 6.07) is 17.4. The van der Waals surface area contributed by atoms with Crippen LogP contribution in [0.1, 0.15) is 92.2 Å². The number of Topliss-reactive ketones (excluding diaryl/α,β-unsaturated/α-hetero) is 2. The van der Waals surface area contributed by atoms with Crippen LogP contribution in [0.3, 0.4) is 0 Å². The molecule has 6 rings (SSSR count). The maximum atomic E-state index is 12.9. The van der Waals surface area contributed by atoms with E-state index >= 15 is 0 Å². The summed E-state index contributed by atoms with van der Waals surface area (Å²) < 4.78 is 35.8. The first kappa shape index (κ1) is 40.8. The fourth-order valence-electron chi connectivity index (χ4n) is 8.86. The molecule has 0 N–H and O–H groups in total. The zero-order valence-electron chi connectivity index (χ0n) is 32.9. The predicted molar refractivity (Wildman–Crippen MR) is 207 cm³/mol. The number of ketones is 2. The van der Waals surface area contributed by atoms with Crippen LogP contribution >= 0.6 is 0 Å². The lowest BCUT2D eigenvalue weighted by atomic mass is 9.70. The number of hydrogen-bond acceptors (Lipinski definition) is 6. The summed E-state index contributed by atoms with van der Waals surface area (Å²) in [6.07, 6.45) is 8.69. The van der Waals surface area contributed by atoms with Gasteiger partial charge in [0.1, 0.15) is 11.4 Å². The van der Waals surface area contributed by atoms with Crippen LogP contribution in [-0.2, 0) is 20.0 Å². The number of nitrogens with zero attached hydrogens (tertiary/aromatic N) is 2. The fourth-order valence-corrected chi connectivity index (χ4v) is 8.86. The van der Waals surface area contributed by atoms with E-state index in [1.54, 1.807) is 0 Å². The number of fused-ring (bicyclic) bond motifs is 4. The van der Waals surface area contributed by atoms with E-state index in [0.717, 1.165) is 70.0 Å². The summed E-state index contributed by atoms with van der Waals surface area (Å²) >= 11 is 0. The number of allylic oxidation sites excluding steroid dienone is 2. The zero-order chi connectivity index (χ0) is 38.6. The molecule has 0 spiro atoms. The molecule has 8 nitrogen and oxygen atoms in total. The van der Waals surface area contributed by atoms with Gasteiger partial charge in [0.15, 0.2) is 11.6 Å². The minimum absolute atomic E-state index is 0.0942. The standard InChI is InChI=1S/2C21H30NO.H2O4S/c2*1-7-22(5,6)16-10-8-15(9-11-16)14-17-18-12-13-21(4,19(17)23)20(18,2)3;1-5(2,3)4/h2*8-11,14,18H,7,12-13H2,1-6H3;(H2,1,2,3,4)/q2*+1;/p-2. The number of hydrogen-bond donors (Lipinski definition) is 0. The van der Waals surface area contributed by atoms with Crippen LogP contribution in [0.15, 0.2) is 59.7 Å². The molecule has 0 radical (unpaired) electrons. The van der Waals surface area contributed by atoms with Gasteiger partial charge in [0.25, 0.3) is 0 Å². The highest BCUT2D eigenvalue weighted by molar-refractivity contribution is 7.79. The maximum Gasteiger partial charge on any atom is 0.165 e. The first-order valence-corrected chi connectivity index (χ1v) is 19.7. The smallest absolute Gasteiger partial charge is 0.165 e. The average Bonchev–Trinajstić information content (AvgIpc) is 3.53. The van der Waals surface area contributed by atoms with Gasteiger partial charge in [-0.3, -0.25) is 27.0 Å². The molecule has 9 heteroatoms. The van der Waals surface area contributed by atoms with Crippen molar-refractivity contribution >= 4 is 45.5 Å². The largest absolute Gasteiger partial charge is 0.759 e. The van der Waals surface area contributed by atoms with E-state index in [4.69, 9.17) is 17.5 Å². The van der Waals surface area contributed by atoms with Gasteiger partial charge in [0.2, 0.25) is 0 Å². The van der Waals surface area contributed by atoms with Crippen LogP contribution in [-0.4, -0.2) is 70.4 Å². The molecule has 51 heavy (non-hydrogen) atoms. The second kappa shape index (κ2) is 13.8. The summed E-state index contributed by atoms with van der Waals surface area (Å²) in [4.78, 5) is 25.8. The second-order valence-corrected chi connectivity index (χ2v) is 18.6. The first-order chi connectivity index (χ1) is 23.3. The molecule has 4 bridgehead atoms. The Bertz CT molecular complexity index is 1690.